The van der Waals surface area contributed by atoms with Gasteiger partial charge in [-0.1, -0.05) is 41.1 Å². The monoisotopic (exact) mass is 423 g/mol. The second-order valence-electron chi connectivity index (χ2n) is 7.64. The van der Waals surface area contributed by atoms with Gasteiger partial charge >= 0.3 is 0 Å². The maximum absolute atomic E-state index is 12.9. The molecule has 4 rings (SSSR count). The zero-order valence-electron chi connectivity index (χ0n) is 17.4. The highest BCUT2D eigenvalue weighted by molar-refractivity contribution is 7.99. The molecular formula is C23H25N3O3S. The lowest BCUT2D eigenvalue weighted by Gasteiger charge is -2.22. The molecule has 156 valence electrons. The quantitative estimate of drug-likeness (QED) is 0.492. The van der Waals surface area contributed by atoms with Crippen molar-refractivity contribution in [1.82, 2.24) is 15.1 Å². The number of hydrogen-bond donors (Lipinski definition) is 0. The highest BCUT2D eigenvalue weighted by Gasteiger charge is 2.32. The van der Waals surface area contributed by atoms with Crippen LogP contribution in [0.1, 0.15) is 29.5 Å². The second kappa shape index (κ2) is 8.92. The lowest BCUT2D eigenvalue weighted by molar-refractivity contribution is -0.129. The highest BCUT2D eigenvalue weighted by atomic mass is 32.2. The van der Waals surface area contributed by atoms with E-state index in [-0.39, 0.29) is 11.7 Å². The summed E-state index contributed by atoms with van der Waals surface area (Å²) in [5.74, 6) is 1.66. The largest absolute Gasteiger partial charge is 0.497 e. The molecule has 0 unspecified atom stereocenters. The molecule has 30 heavy (non-hydrogen) atoms. The molecule has 1 aliphatic rings. The fourth-order valence-corrected chi connectivity index (χ4v) is 4.07. The molecular weight excluding hydrogens is 398 g/mol. The van der Waals surface area contributed by atoms with E-state index in [1.165, 1.54) is 11.8 Å². The minimum atomic E-state index is 0.0875. The smallest absolute Gasteiger partial charge is 0.277 e. The SMILES string of the molecule is COc1ccc(CN(C(=O)CSc2nnc(-c3cc(C)cc(C)c3)o2)C2CC2)cc1. The molecule has 0 saturated heterocycles. The second-order valence-corrected chi connectivity index (χ2v) is 8.57. The van der Waals surface area contributed by atoms with Gasteiger partial charge < -0.3 is 14.1 Å². The Bertz CT molecular complexity index is 1010. The Morgan fingerprint density at radius 2 is 1.83 bits per heavy atom. The number of amides is 1. The number of methoxy groups -OCH3 is 1. The number of rotatable bonds is 8. The summed E-state index contributed by atoms with van der Waals surface area (Å²) in [4.78, 5) is 14.8. The standard InChI is InChI=1S/C23H25N3O3S/c1-15-10-16(2)12-18(11-15)22-24-25-23(29-22)30-14-21(27)26(19-6-7-19)13-17-4-8-20(28-3)9-5-17/h4-5,8-12,19H,6-7,13-14H2,1-3H3. The number of thioether (sulfide) groups is 1. The molecule has 1 fully saturated rings. The molecule has 1 aromatic heterocycles. The summed E-state index contributed by atoms with van der Waals surface area (Å²) in [5, 5.41) is 8.67. The van der Waals surface area contributed by atoms with Gasteiger partial charge in [-0.2, -0.15) is 0 Å². The summed E-state index contributed by atoms with van der Waals surface area (Å²) < 4.78 is 11.0. The Kier molecular flexibility index (Phi) is 6.08. The van der Waals surface area contributed by atoms with Crippen molar-refractivity contribution in [1.29, 1.82) is 0 Å². The molecule has 0 atom stereocenters. The minimum absolute atomic E-state index is 0.0875. The van der Waals surface area contributed by atoms with Gasteiger partial charge in [-0.3, -0.25) is 4.79 Å². The maximum Gasteiger partial charge on any atom is 0.277 e. The first kappa shape index (κ1) is 20.5. The molecule has 0 spiro atoms. The number of aromatic nitrogens is 2. The van der Waals surface area contributed by atoms with Gasteiger partial charge in [0, 0.05) is 18.2 Å². The Hall–Kier alpha value is -2.80. The van der Waals surface area contributed by atoms with Gasteiger partial charge in [0.15, 0.2) is 0 Å². The van der Waals surface area contributed by atoms with Crippen molar-refractivity contribution in [3.8, 4) is 17.2 Å². The van der Waals surface area contributed by atoms with Crippen molar-refractivity contribution in [3.63, 3.8) is 0 Å². The van der Waals surface area contributed by atoms with E-state index in [1.807, 2.05) is 55.1 Å². The van der Waals surface area contributed by atoms with Crippen molar-refractivity contribution in [2.45, 2.75) is 44.5 Å². The molecule has 7 heteroatoms. The van der Waals surface area contributed by atoms with E-state index in [1.54, 1.807) is 7.11 Å². The number of hydrogen-bond acceptors (Lipinski definition) is 6. The van der Waals surface area contributed by atoms with Crippen LogP contribution in [0.4, 0.5) is 0 Å². The molecule has 3 aromatic rings. The first-order valence-corrected chi connectivity index (χ1v) is 11.0. The first-order chi connectivity index (χ1) is 14.5. The van der Waals surface area contributed by atoms with Gasteiger partial charge in [0.25, 0.3) is 5.22 Å². The third kappa shape index (κ3) is 5.02. The van der Waals surface area contributed by atoms with Crippen LogP contribution >= 0.6 is 11.8 Å². The number of ether oxygens (including phenoxy) is 1. The predicted octanol–water partition coefficient (Wildman–Crippen LogP) is 4.65. The van der Waals surface area contributed by atoms with Crippen LogP contribution in [0, 0.1) is 13.8 Å². The minimum Gasteiger partial charge on any atom is -0.497 e. The van der Waals surface area contributed by atoms with Gasteiger partial charge in [-0.05, 0) is 56.5 Å². The molecule has 2 aromatic carbocycles. The van der Waals surface area contributed by atoms with E-state index in [4.69, 9.17) is 9.15 Å². The summed E-state index contributed by atoms with van der Waals surface area (Å²) in [7, 11) is 1.65. The van der Waals surface area contributed by atoms with E-state index in [2.05, 4.69) is 16.3 Å². The van der Waals surface area contributed by atoms with Crippen LogP contribution in [0.3, 0.4) is 0 Å². The molecule has 0 radical (unpaired) electrons. The average molecular weight is 424 g/mol. The van der Waals surface area contributed by atoms with Crippen molar-refractivity contribution in [2.75, 3.05) is 12.9 Å². The maximum atomic E-state index is 12.9. The molecule has 6 nitrogen and oxygen atoms in total. The van der Waals surface area contributed by atoms with Crippen LogP contribution < -0.4 is 4.74 Å². The van der Waals surface area contributed by atoms with Crippen LogP contribution in [-0.4, -0.2) is 39.9 Å². The number of carbonyl (C=O) groups is 1. The summed E-state index contributed by atoms with van der Waals surface area (Å²) in [6.45, 7) is 4.68. The number of carbonyl (C=O) groups excluding carboxylic acids is 1. The average Bonchev–Trinajstić information content (AvgIpc) is 3.46. The van der Waals surface area contributed by atoms with Gasteiger partial charge in [0.1, 0.15) is 5.75 Å². The van der Waals surface area contributed by atoms with Crippen molar-refractivity contribution in [2.24, 2.45) is 0 Å². The Morgan fingerprint density at radius 1 is 1.13 bits per heavy atom. The Labute approximate surface area is 180 Å². The lowest BCUT2D eigenvalue weighted by atomic mass is 10.1. The van der Waals surface area contributed by atoms with Gasteiger partial charge in [0.2, 0.25) is 11.8 Å². The van der Waals surface area contributed by atoms with Crippen molar-refractivity contribution >= 4 is 17.7 Å². The van der Waals surface area contributed by atoms with Crippen LogP contribution in [0.15, 0.2) is 52.1 Å². The Balaban J connectivity index is 1.38. The first-order valence-electron chi connectivity index (χ1n) is 9.99. The molecule has 1 amide bonds. The molecule has 1 heterocycles. The van der Waals surface area contributed by atoms with E-state index >= 15 is 0 Å². The summed E-state index contributed by atoms with van der Waals surface area (Å²) in [6, 6.07) is 14.3. The van der Waals surface area contributed by atoms with Crippen LogP contribution in [0.2, 0.25) is 0 Å². The zero-order chi connectivity index (χ0) is 21.1. The van der Waals surface area contributed by atoms with E-state index in [0.29, 0.717) is 23.7 Å². The van der Waals surface area contributed by atoms with Gasteiger partial charge in [0.05, 0.1) is 12.9 Å². The molecule has 0 bridgehead atoms. The van der Waals surface area contributed by atoms with E-state index < -0.39 is 0 Å². The fraction of sp³-hybridized carbons (Fsp3) is 0.348. The van der Waals surface area contributed by atoms with Crippen LogP contribution in [-0.2, 0) is 11.3 Å². The Morgan fingerprint density at radius 3 is 2.47 bits per heavy atom. The van der Waals surface area contributed by atoms with Crippen molar-refractivity contribution in [3.05, 3.63) is 59.2 Å². The summed E-state index contributed by atoms with van der Waals surface area (Å²) >= 11 is 1.29. The number of benzene rings is 2. The molecule has 0 N–H and O–H groups in total. The predicted molar refractivity (Wildman–Crippen MR) is 116 cm³/mol. The number of aryl methyl sites for hydroxylation is 2. The van der Waals surface area contributed by atoms with Gasteiger partial charge in [-0.15, -0.1) is 10.2 Å². The molecule has 0 aliphatic heterocycles. The number of nitrogens with zero attached hydrogens (tertiary/aromatic N) is 3. The normalized spacial score (nSPS) is 13.3. The molecule has 1 aliphatic carbocycles. The third-order valence-corrected chi connectivity index (χ3v) is 5.82. The van der Waals surface area contributed by atoms with E-state index in [9.17, 15) is 4.79 Å². The van der Waals surface area contributed by atoms with E-state index in [0.717, 1.165) is 40.8 Å². The third-order valence-electron chi connectivity index (χ3n) is 5.01. The van der Waals surface area contributed by atoms with Crippen LogP contribution in [0.5, 0.6) is 5.75 Å². The summed E-state index contributed by atoms with van der Waals surface area (Å²) in [5.41, 5.74) is 4.28. The zero-order valence-corrected chi connectivity index (χ0v) is 18.2. The van der Waals surface area contributed by atoms with Crippen molar-refractivity contribution < 1.29 is 13.9 Å². The lowest BCUT2D eigenvalue weighted by Crippen LogP contribution is -2.33. The summed E-state index contributed by atoms with van der Waals surface area (Å²) in [6.07, 6.45) is 2.12. The van der Waals surface area contributed by atoms with Crippen LogP contribution in [0.25, 0.3) is 11.5 Å². The highest BCUT2D eigenvalue weighted by Crippen LogP contribution is 2.30. The van der Waals surface area contributed by atoms with Gasteiger partial charge in [-0.25, -0.2) is 0 Å². The topological polar surface area (TPSA) is 68.5 Å². The molecule has 1 saturated carbocycles. The fourth-order valence-electron chi connectivity index (χ4n) is 3.42.